The number of carbonyl (C=O) groups is 1. The van der Waals surface area contributed by atoms with E-state index in [-0.39, 0.29) is 28.1 Å². The largest absolute Gasteiger partial charge is 0.354 e. The first kappa shape index (κ1) is 19.2. The lowest BCUT2D eigenvalue weighted by atomic mass is 9.84. The van der Waals surface area contributed by atoms with E-state index in [0.29, 0.717) is 32.9 Å². The Morgan fingerprint density at radius 3 is 2.52 bits per heavy atom. The number of aromatic nitrogens is 2. The normalized spacial score (nSPS) is 11.8. The zero-order chi connectivity index (χ0) is 20.1. The van der Waals surface area contributed by atoms with Gasteiger partial charge in [0.25, 0.3) is 0 Å². The van der Waals surface area contributed by atoms with Crippen LogP contribution < -0.4 is 5.43 Å². The summed E-state index contributed by atoms with van der Waals surface area (Å²) in [6, 6.07) is 4.64. The van der Waals surface area contributed by atoms with Gasteiger partial charge in [0.1, 0.15) is 11.5 Å². The number of fused-ring (bicyclic) bond motifs is 1. The fourth-order valence-electron chi connectivity index (χ4n) is 3.30. The first-order chi connectivity index (χ1) is 12.5. The summed E-state index contributed by atoms with van der Waals surface area (Å²) in [5, 5.41) is 0.532. The van der Waals surface area contributed by atoms with Gasteiger partial charge in [0.15, 0.2) is 11.2 Å². The first-order valence-corrected chi connectivity index (χ1v) is 8.92. The van der Waals surface area contributed by atoms with Crippen molar-refractivity contribution in [2.45, 2.75) is 40.0 Å². The van der Waals surface area contributed by atoms with Gasteiger partial charge in [-0.15, -0.1) is 0 Å². The van der Waals surface area contributed by atoms with Gasteiger partial charge in [-0.2, -0.15) is 0 Å². The third-order valence-corrected chi connectivity index (χ3v) is 4.88. The highest BCUT2D eigenvalue weighted by molar-refractivity contribution is 6.31. The van der Waals surface area contributed by atoms with Crippen molar-refractivity contribution >= 4 is 28.3 Å². The maximum Gasteiger partial charge on any atom is 0.192 e. The molecular formula is C21H20ClFN2O2. The highest BCUT2D eigenvalue weighted by Gasteiger charge is 2.25. The number of pyridine rings is 2. The highest BCUT2D eigenvalue weighted by atomic mass is 35.5. The Balaban J connectivity index is 2.32. The van der Waals surface area contributed by atoms with Crippen LogP contribution in [0.3, 0.4) is 0 Å². The molecule has 140 valence electrons. The van der Waals surface area contributed by atoms with Crippen LogP contribution in [0.1, 0.15) is 49.3 Å². The van der Waals surface area contributed by atoms with Crippen LogP contribution in [0.5, 0.6) is 0 Å². The molecule has 2 heterocycles. The zero-order valence-electron chi connectivity index (χ0n) is 15.8. The Morgan fingerprint density at radius 2 is 1.93 bits per heavy atom. The number of halogens is 2. The molecule has 1 aromatic carbocycles. The summed E-state index contributed by atoms with van der Waals surface area (Å²) in [7, 11) is 0. The highest BCUT2D eigenvalue weighted by Crippen LogP contribution is 2.37. The van der Waals surface area contributed by atoms with Gasteiger partial charge in [-0.3, -0.25) is 14.6 Å². The van der Waals surface area contributed by atoms with E-state index in [4.69, 9.17) is 11.6 Å². The van der Waals surface area contributed by atoms with Gasteiger partial charge < -0.3 is 4.98 Å². The molecule has 0 amide bonds. The van der Waals surface area contributed by atoms with Gasteiger partial charge in [0.05, 0.1) is 16.6 Å². The second-order valence-electron chi connectivity index (χ2n) is 7.66. The summed E-state index contributed by atoms with van der Waals surface area (Å²) < 4.78 is 15.1. The topological polar surface area (TPSA) is 62.8 Å². The van der Waals surface area contributed by atoms with Crippen LogP contribution in [-0.4, -0.2) is 15.8 Å². The predicted molar refractivity (Wildman–Crippen MR) is 106 cm³/mol. The van der Waals surface area contributed by atoms with Crippen molar-refractivity contribution in [2.75, 3.05) is 0 Å². The first-order valence-electron chi connectivity index (χ1n) is 8.54. The minimum absolute atomic E-state index is 0.115. The molecule has 6 heteroatoms. The molecule has 4 nitrogen and oxygen atoms in total. The molecule has 3 aromatic rings. The van der Waals surface area contributed by atoms with E-state index in [2.05, 4.69) is 9.97 Å². The lowest BCUT2D eigenvalue weighted by Gasteiger charge is -2.24. The molecule has 1 N–H and O–H groups in total. The third-order valence-electron chi connectivity index (χ3n) is 4.58. The van der Waals surface area contributed by atoms with Crippen molar-refractivity contribution in [3.63, 3.8) is 0 Å². The molecule has 0 aliphatic rings. The number of hydrogen-bond acceptors (Lipinski definition) is 3. The average Bonchev–Trinajstić information content (AvgIpc) is 2.56. The van der Waals surface area contributed by atoms with Crippen LogP contribution in [0, 0.1) is 12.7 Å². The molecule has 0 aliphatic heterocycles. The zero-order valence-corrected chi connectivity index (χ0v) is 16.6. The van der Waals surface area contributed by atoms with Crippen molar-refractivity contribution in [3.8, 4) is 11.3 Å². The van der Waals surface area contributed by atoms with E-state index in [9.17, 15) is 9.59 Å². The van der Waals surface area contributed by atoms with Crippen LogP contribution in [-0.2, 0) is 5.41 Å². The summed E-state index contributed by atoms with van der Waals surface area (Å²) in [6.45, 7) is 8.70. The minimum atomic E-state index is -0.455. The van der Waals surface area contributed by atoms with Gasteiger partial charge in [-0.1, -0.05) is 32.4 Å². The Kier molecular flexibility index (Phi) is 4.68. The molecule has 0 radical (unpaired) electrons. The number of nitrogens with one attached hydrogen (secondary N) is 1. The van der Waals surface area contributed by atoms with Gasteiger partial charge in [-0.05, 0) is 30.0 Å². The fraction of sp³-hybridized carbons (Fsp3) is 0.286. The van der Waals surface area contributed by atoms with Crippen LogP contribution in [0.15, 0.2) is 29.2 Å². The fourth-order valence-corrected chi connectivity index (χ4v) is 3.77. The number of Topliss-reactive ketones (excluding diaryl/α,β-unsaturated/α-hetero) is 1. The van der Waals surface area contributed by atoms with Crippen LogP contribution in [0.2, 0.25) is 5.02 Å². The van der Waals surface area contributed by atoms with E-state index in [0.717, 1.165) is 0 Å². The number of ketones is 1. The monoisotopic (exact) mass is 386 g/mol. The number of nitrogens with zero attached hydrogens (tertiary/aromatic N) is 1. The molecule has 0 aliphatic carbocycles. The molecule has 0 atom stereocenters. The molecule has 0 spiro atoms. The number of H-pyrrole nitrogens is 1. The van der Waals surface area contributed by atoms with Crippen molar-refractivity contribution in [1.29, 1.82) is 0 Å². The van der Waals surface area contributed by atoms with E-state index < -0.39 is 5.41 Å². The van der Waals surface area contributed by atoms with E-state index in [1.165, 1.54) is 19.2 Å². The van der Waals surface area contributed by atoms with Crippen molar-refractivity contribution < 1.29 is 9.18 Å². The van der Waals surface area contributed by atoms with Crippen LogP contribution >= 0.6 is 11.6 Å². The van der Waals surface area contributed by atoms with Crippen molar-refractivity contribution in [3.05, 3.63) is 62.3 Å². The molecule has 0 unspecified atom stereocenters. The summed E-state index contributed by atoms with van der Waals surface area (Å²) >= 11 is 6.38. The van der Waals surface area contributed by atoms with Gasteiger partial charge in [0, 0.05) is 35.3 Å². The van der Waals surface area contributed by atoms with Gasteiger partial charge in [0.2, 0.25) is 0 Å². The Bertz CT molecular complexity index is 1140. The van der Waals surface area contributed by atoms with Crippen molar-refractivity contribution in [1.82, 2.24) is 9.97 Å². The Labute approximate surface area is 161 Å². The summed E-state index contributed by atoms with van der Waals surface area (Å²) in [5.41, 5.74) is 1.56. The lowest BCUT2D eigenvalue weighted by molar-refractivity contribution is 0.101. The molecule has 3 rings (SSSR count). The van der Waals surface area contributed by atoms with Crippen molar-refractivity contribution in [2.24, 2.45) is 0 Å². The van der Waals surface area contributed by atoms with Gasteiger partial charge in [-0.25, -0.2) is 4.39 Å². The number of benzene rings is 1. The predicted octanol–water partition coefficient (Wildman–Crippen LogP) is 5.19. The van der Waals surface area contributed by atoms with E-state index in [1.54, 1.807) is 19.1 Å². The van der Waals surface area contributed by atoms with E-state index in [1.807, 2.05) is 20.8 Å². The second kappa shape index (κ2) is 6.57. The number of aromatic amines is 1. The smallest absolute Gasteiger partial charge is 0.192 e. The molecule has 0 saturated heterocycles. The van der Waals surface area contributed by atoms with Gasteiger partial charge >= 0.3 is 0 Å². The van der Waals surface area contributed by atoms with Crippen LogP contribution in [0.25, 0.3) is 22.2 Å². The molecule has 0 saturated carbocycles. The third kappa shape index (κ3) is 3.28. The Morgan fingerprint density at radius 1 is 1.26 bits per heavy atom. The van der Waals surface area contributed by atoms with E-state index >= 15 is 4.39 Å². The Hall–Kier alpha value is -2.53. The summed E-state index contributed by atoms with van der Waals surface area (Å²) in [4.78, 5) is 31.5. The second-order valence-corrected chi connectivity index (χ2v) is 8.06. The van der Waals surface area contributed by atoms with Crippen LogP contribution in [0.4, 0.5) is 4.39 Å². The molecular weight excluding hydrogens is 367 g/mol. The summed E-state index contributed by atoms with van der Waals surface area (Å²) in [5.74, 6) is -0.677. The molecule has 2 aromatic heterocycles. The molecule has 0 bridgehead atoms. The lowest BCUT2D eigenvalue weighted by Crippen LogP contribution is -2.16. The standard InChI is InChI=1S/C21H20ClFN2O2/c1-10-12(8-13(22)18(19(10)23)21(3,4)5)15-9-16(27)17-14(25-15)6-7-24-20(17)11(2)26/h6-9H,1-5H3,(H,25,27). The minimum Gasteiger partial charge on any atom is -0.354 e. The molecule has 27 heavy (non-hydrogen) atoms. The maximum absolute atomic E-state index is 15.1. The SMILES string of the molecule is CC(=O)c1nccc2[nH]c(-c3cc(Cl)c(C(C)(C)C)c(F)c3C)cc(=O)c12. The number of rotatable bonds is 2. The maximum atomic E-state index is 15.1. The summed E-state index contributed by atoms with van der Waals surface area (Å²) in [6.07, 6.45) is 1.46. The number of carbonyl (C=O) groups excluding carboxylic acids is 1. The average molecular weight is 387 g/mol. The molecule has 0 fully saturated rings. The quantitative estimate of drug-likeness (QED) is 0.616. The number of hydrogen-bond donors (Lipinski definition) is 1.